The van der Waals surface area contributed by atoms with Gasteiger partial charge in [0.25, 0.3) is 0 Å². The maximum absolute atomic E-state index is 13.5. The minimum Gasteiger partial charge on any atom is -0.396 e. The van der Waals surface area contributed by atoms with Crippen LogP contribution in [-0.4, -0.2) is 22.7 Å². The van der Waals surface area contributed by atoms with Crippen LogP contribution in [0.3, 0.4) is 0 Å². The molecule has 0 aliphatic rings. The first-order valence-corrected chi connectivity index (χ1v) is 5.73. The molecule has 0 radical (unpaired) electrons. The third-order valence-electron chi connectivity index (χ3n) is 2.73. The normalized spacial score (nSPS) is 12.7. The lowest BCUT2D eigenvalue weighted by Gasteiger charge is -2.15. The highest BCUT2D eigenvalue weighted by molar-refractivity contribution is 5.91. The van der Waals surface area contributed by atoms with Gasteiger partial charge < -0.3 is 10.4 Å². The van der Waals surface area contributed by atoms with E-state index in [0.29, 0.717) is 17.5 Å². The lowest BCUT2D eigenvalue weighted by Crippen LogP contribution is -2.16. The van der Waals surface area contributed by atoms with Gasteiger partial charge in [0.1, 0.15) is 11.3 Å². The molecule has 0 saturated heterocycles. The zero-order valence-corrected chi connectivity index (χ0v) is 9.95. The molecule has 0 amide bonds. The van der Waals surface area contributed by atoms with Crippen LogP contribution in [0.25, 0.3) is 10.9 Å². The highest BCUT2D eigenvalue weighted by atomic mass is 19.1. The topological polar surface area (TPSA) is 45.1 Å². The van der Waals surface area contributed by atoms with Gasteiger partial charge in [0.2, 0.25) is 0 Å². The van der Waals surface area contributed by atoms with Crippen molar-refractivity contribution in [3.63, 3.8) is 0 Å². The molecule has 3 nitrogen and oxygen atoms in total. The minimum absolute atomic E-state index is 0.00642. The van der Waals surface area contributed by atoms with E-state index in [1.54, 1.807) is 6.07 Å². The molecule has 1 aromatic carbocycles. The number of hydrogen-bond donors (Lipinski definition) is 2. The lowest BCUT2D eigenvalue weighted by molar-refractivity contribution is 0.282. The Morgan fingerprint density at radius 1 is 1.39 bits per heavy atom. The third kappa shape index (κ3) is 2.56. The second kappa shape index (κ2) is 5.27. The largest absolute Gasteiger partial charge is 0.396 e. The van der Waals surface area contributed by atoms with Crippen molar-refractivity contribution in [3.05, 3.63) is 36.0 Å². The van der Waals surface area contributed by atoms with Gasteiger partial charge in [-0.05, 0) is 25.5 Å². The standard InChI is InChI=1S/C13H14F2N2O/c1-8(3-5-18)17-12-2-4-16-13-10(12)6-9(14)7-11(13)15/h2,4,6-8,18H,3,5H2,1H3,(H,16,17)/t8-/m0/s1. The fourth-order valence-corrected chi connectivity index (χ4v) is 1.84. The monoisotopic (exact) mass is 252 g/mol. The van der Waals surface area contributed by atoms with Crippen LogP contribution in [0.2, 0.25) is 0 Å². The molecule has 2 N–H and O–H groups in total. The average molecular weight is 252 g/mol. The molecule has 5 heteroatoms. The van der Waals surface area contributed by atoms with Crippen LogP contribution in [0.5, 0.6) is 0 Å². The molecule has 1 aromatic heterocycles. The molecule has 96 valence electrons. The van der Waals surface area contributed by atoms with E-state index in [1.165, 1.54) is 12.3 Å². The number of aliphatic hydroxyl groups is 1. The summed E-state index contributed by atoms with van der Waals surface area (Å²) in [7, 11) is 0. The summed E-state index contributed by atoms with van der Waals surface area (Å²) in [6.07, 6.45) is 2.03. The Balaban J connectivity index is 2.44. The smallest absolute Gasteiger partial charge is 0.152 e. The molecule has 0 aliphatic heterocycles. The van der Waals surface area contributed by atoms with Crippen LogP contribution >= 0.6 is 0 Å². The summed E-state index contributed by atoms with van der Waals surface area (Å²) in [6.45, 7) is 1.94. The Morgan fingerprint density at radius 3 is 2.89 bits per heavy atom. The molecule has 2 aromatic rings. The van der Waals surface area contributed by atoms with Crippen molar-refractivity contribution in [1.82, 2.24) is 4.98 Å². The van der Waals surface area contributed by atoms with E-state index >= 15 is 0 Å². The fourth-order valence-electron chi connectivity index (χ4n) is 1.84. The third-order valence-corrected chi connectivity index (χ3v) is 2.73. The summed E-state index contributed by atoms with van der Waals surface area (Å²) < 4.78 is 26.8. The van der Waals surface area contributed by atoms with Gasteiger partial charge in [-0.1, -0.05) is 0 Å². The van der Waals surface area contributed by atoms with E-state index in [4.69, 9.17) is 5.11 Å². The highest BCUT2D eigenvalue weighted by Crippen LogP contribution is 2.25. The number of halogens is 2. The van der Waals surface area contributed by atoms with E-state index < -0.39 is 11.6 Å². The van der Waals surface area contributed by atoms with Crippen molar-refractivity contribution >= 4 is 16.6 Å². The number of nitrogens with one attached hydrogen (secondary N) is 1. The van der Waals surface area contributed by atoms with Crippen molar-refractivity contribution in [2.75, 3.05) is 11.9 Å². The number of aliphatic hydroxyl groups excluding tert-OH is 1. The molecule has 0 fully saturated rings. The van der Waals surface area contributed by atoms with Crippen molar-refractivity contribution in [2.45, 2.75) is 19.4 Å². The van der Waals surface area contributed by atoms with Crippen LogP contribution in [0.4, 0.5) is 14.5 Å². The number of pyridine rings is 1. The summed E-state index contributed by atoms with van der Waals surface area (Å²) in [5, 5.41) is 12.4. The number of anilines is 1. The number of fused-ring (bicyclic) bond motifs is 1. The van der Waals surface area contributed by atoms with Crippen molar-refractivity contribution in [1.29, 1.82) is 0 Å². The average Bonchev–Trinajstić information content (AvgIpc) is 2.30. The molecule has 0 saturated carbocycles. The van der Waals surface area contributed by atoms with Gasteiger partial charge in [0, 0.05) is 36.0 Å². The Hall–Kier alpha value is -1.75. The van der Waals surface area contributed by atoms with Gasteiger partial charge in [-0.3, -0.25) is 4.98 Å². The van der Waals surface area contributed by atoms with Crippen molar-refractivity contribution in [3.8, 4) is 0 Å². The molecule has 18 heavy (non-hydrogen) atoms. The summed E-state index contributed by atoms with van der Waals surface area (Å²) in [5.74, 6) is -1.31. The minimum atomic E-state index is -0.677. The van der Waals surface area contributed by atoms with E-state index in [-0.39, 0.29) is 18.2 Å². The first-order chi connectivity index (χ1) is 8.61. The molecule has 1 atom stereocenters. The highest BCUT2D eigenvalue weighted by Gasteiger charge is 2.10. The zero-order valence-electron chi connectivity index (χ0n) is 9.95. The molecule has 2 rings (SSSR count). The zero-order chi connectivity index (χ0) is 13.1. The SMILES string of the molecule is C[C@@H](CCO)Nc1ccnc2c(F)cc(F)cc12. The molecule has 0 aliphatic carbocycles. The number of rotatable bonds is 4. The van der Waals surface area contributed by atoms with E-state index in [9.17, 15) is 8.78 Å². The summed E-state index contributed by atoms with van der Waals surface area (Å²) >= 11 is 0. The number of benzene rings is 1. The van der Waals surface area contributed by atoms with Gasteiger partial charge in [0.15, 0.2) is 5.82 Å². The number of aromatic nitrogens is 1. The van der Waals surface area contributed by atoms with Crippen molar-refractivity contribution in [2.24, 2.45) is 0 Å². The summed E-state index contributed by atoms with van der Waals surface area (Å²) in [4.78, 5) is 3.90. The lowest BCUT2D eigenvalue weighted by atomic mass is 10.1. The first-order valence-electron chi connectivity index (χ1n) is 5.73. The summed E-state index contributed by atoms with van der Waals surface area (Å²) in [5.41, 5.74) is 0.747. The van der Waals surface area contributed by atoms with Gasteiger partial charge >= 0.3 is 0 Å². The van der Waals surface area contributed by atoms with Crippen LogP contribution < -0.4 is 5.32 Å². The molecular weight excluding hydrogens is 238 g/mol. The first kappa shape index (κ1) is 12.7. The van der Waals surface area contributed by atoms with Crippen LogP contribution in [0, 0.1) is 11.6 Å². The Kier molecular flexibility index (Phi) is 3.72. The molecule has 0 bridgehead atoms. The van der Waals surface area contributed by atoms with Crippen molar-refractivity contribution < 1.29 is 13.9 Å². The predicted molar refractivity (Wildman–Crippen MR) is 66.4 cm³/mol. The van der Waals surface area contributed by atoms with Crippen LogP contribution in [0.1, 0.15) is 13.3 Å². The number of nitrogens with zero attached hydrogens (tertiary/aromatic N) is 1. The van der Waals surface area contributed by atoms with Gasteiger partial charge in [-0.2, -0.15) is 0 Å². The summed E-state index contributed by atoms with van der Waals surface area (Å²) in [6, 6.07) is 3.73. The van der Waals surface area contributed by atoms with E-state index in [1.807, 2.05) is 6.92 Å². The fraction of sp³-hybridized carbons (Fsp3) is 0.308. The second-order valence-electron chi connectivity index (χ2n) is 4.20. The Bertz CT molecular complexity index is 560. The van der Waals surface area contributed by atoms with E-state index in [0.717, 1.165) is 6.07 Å². The van der Waals surface area contributed by atoms with Gasteiger partial charge in [0.05, 0.1) is 0 Å². The maximum atomic E-state index is 13.5. The predicted octanol–water partition coefficient (Wildman–Crippen LogP) is 2.70. The van der Waals surface area contributed by atoms with Crippen LogP contribution in [-0.2, 0) is 0 Å². The molecule has 0 unspecified atom stereocenters. The Labute approximate surface area is 103 Å². The number of hydrogen-bond acceptors (Lipinski definition) is 3. The quantitative estimate of drug-likeness (QED) is 0.879. The van der Waals surface area contributed by atoms with Gasteiger partial charge in [-0.15, -0.1) is 0 Å². The van der Waals surface area contributed by atoms with Crippen LogP contribution in [0.15, 0.2) is 24.4 Å². The molecule has 0 spiro atoms. The molecular formula is C13H14F2N2O. The van der Waals surface area contributed by atoms with Gasteiger partial charge in [-0.25, -0.2) is 8.78 Å². The Morgan fingerprint density at radius 2 is 2.17 bits per heavy atom. The second-order valence-corrected chi connectivity index (χ2v) is 4.20. The molecule has 1 heterocycles. The maximum Gasteiger partial charge on any atom is 0.152 e. The van der Waals surface area contributed by atoms with E-state index in [2.05, 4.69) is 10.3 Å².